The molecule has 5 aromatic rings. The summed E-state index contributed by atoms with van der Waals surface area (Å²) in [5, 5.41) is 22.4. The van der Waals surface area contributed by atoms with Crippen LogP contribution in [-0.2, 0) is 19.1 Å². The van der Waals surface area contributed by atoms with Crippen molar-refractivity contribution in [3.63, 3.8) is 0 Å². The fourth-order valence-electron chi connectivity index (χ4n) is 7.16. The summed E-state index contributed by atoms with van der Waals surface area (Å²) in [5.41, 5.74) is 5.00. The molecule has 0 radical (unpaired) electrons. The highest BCUT2D eigenvalue weighted by Crippen LogP contribution is 2.48. The third-order valence-corrected chi connectivity index (χ3v) is 10.3. The number of amides is 2. The van der Waals surface area contributed by atoms with Crippen LogP contribution < -0.4 is 9.80 Å². The number of hydrogen-bond donors (Lipinski definition) is 4. The lowest BCUT2D eigenvalue weighted by atomic mass is 9.96. The van der Waals surface area contributed by atoms with Crippen LogP contribution in [0.25, 0.3) is 34.0 Å². The van der Waals surface area contributed by atoms with E-state index in [0.29, 0.717) is 44.3 Å². The molecule has 266 valence electrons. The maximum Gasteiger partial charge on any atom is 0.340 e. The number of esters is 2. The number of fused-ring (bicyclic) bond motifs is 6. The van der Waals surface area contributed by atoms with Gasteiger partial charge in [0.1, 0.15) is 11.5 Å². The van der Waals surface area contributed by atoms with Gasteiger partial charge in [-0.15, -0.1) is 23.2 Å². The molecule has 4 heterocycles. The molecule has 4 N–H and O–H groups in total. The number of benzene rings is 3. The molecule has 0 saturated carbocycles. The van der Waals surface area contributed by atoms with Crippen LogP contribution in [0.15, 0.2) is 60.9 Å². The predicted molar refractivity (Wildman–Crippen MR) is 199 cm³/mol. The van der Waals surface area contributed by atoms with E-state index in [4.69, 9.17) is 32.7 Å². The van der Waals surface area contributed by atoms with E-state index in [-0.39, 0.29) is 71.1 Å². The van der Waals surface area contributed by atoms with Crippen LogP contribution in [0.2, 0.25) is 0 Å². The molecular weight excluding hydrogens is 711 g/mol. The Morgan fingerprint density at radius 2 is 1.12 bits per heavy atom. The molecule has 2 amide bonds. The molecule has 0 aliphatic carbocycles. The number of phenolic OH excluding ortho intramolecular Hbond substituents is 2. The van der Waals surface area contributed by atoms with Gasteiger partial charge in [-0.25, -0.2) is 9.59 Å². The third-order valence-electron chi connectivity index (χ3n) is 9.60. The fourth-order valence-corrected chi connectivity index (χ4v) is 7.67. The van der Waals surface area contributed by atoms with E-state index in [1.54, 1.807) is 36.4 Å². The minimum absolute atomic E-state index is 0.111. The first-order chi connectivity index (χ1) is 25.1. The number of phenols is 2. The number of carbonyl (C=O) groups excluding carboxylic acids is 4. The van der Waals surface area contributed by atoms with E-state index in [1.165, 1.54) is 60.7 Å². The number of carbonyl (C=O) groups is 4. The molecular formula is C38H32Cl2N4O8. The van der Waals surface area contributed by atoms with E-state index < -0.39 is 11.9 Å². The molecule has 0 fully saturated rings. The summed E-state index contributed by atoms with van der Waals surface area (Å²) in [6, 6.07) is 10.2. The second-order valence-electron chi connectivity index (χ2n) is 12.5. The number of nitrogens with zero attached hydrogens (tertiary/aromatic N) is 2. The molecule has 52 heavy (non-hydrogen) atoms. The van der Waals surface area contributed by atoms with Gasteiger partial charge in [0.25, 0.3) is 11.8 Å². The van der Waals surface area contributed by atoms with E-state index in [2.05, 4.69) is 9.97 Å². The van der Waals surface area contributed by atoms with Crippen molar-refractivity contribution >= 4 is 92.3 Å². The maximum absolute atomic E-state index is 13.5. The smallest absolute Gasteiger partial charge is 0.340 e. The standard InChI is InChI=1S/C38H32Cl2N4O8/c1-51-37(49)23-15-41-35-27(45)11-25-31(33(23)35)21(13-39)17-43(25)29(47)9-7-19-3-5-20(6-4-19)8-10-30(48)44-18-22(14-40)32-26(44)12-28(46)36-34(32)24(16-42-36)38(50)52-2/h3-12,15-16,21-22,41-42,45-46H,13-14,17-18H2,1-2H3/b9-7+,10-8+/t21-,22+. The zero-order valence-electron chi connectivity index (χ0n) is 27.9. The molecule has 2 aromatic heterocycles. The molecule has 2 aliphatic heterocycles. The first-order valence-electron chi connectivity index (χ1n) is 16.2. The molecule has 0 bridgehead atoms. The SMILES string of the molecule is COC(=O)c1c[nH]c2c(O)cc3c(c12)[C@H](CCl)CN3C(=O)/C=C/c1ccc(/C=C/C(=O)N2C[C@H](CCl)c3c2cc(O)c2[nH]cc(C(=O)OC)c32)cc1. The topological polar surface area (TPSA) is 165 Å². The lowest BCUT2D eigenvalue weighted by molar-refractivity contribution is -0.114. The molecule has 12 nitrogen and oxygen atoms in total. The Hall–Kier alpha value is -5.72. The van der Waals surface area contributed by atoms with Gasteiger partial charge >= 0.3 is 11.9 Å². The number of H-pyrrole nitrogens is 2. The van der Waals surface area contributed by atoms with Gasteiger partial charge in [-0.3, -0.25) is 9.59 Å². The van der Waals surface area contributed by atoms with Crippen molar-refractivity contribution in [2.45, 2.75) is 11.8 Å². The van der Waals surface area contributed by atoms with E-state index >= 15 is 0 Å². The summed E-state index contributed by atoms with van der Waals surface area (Å²) in [6.45, 7) is 0.527. The van der Waals surface area contributed by atoms with Gasteiger partial charge in [0, 0.05) is 84.1 Å². The van der Waals surface area contributed by atoms with Crippen LogP contribution in [0, 0.1) is 0 Å². The summed E-state index contributed by atoms with van der Waals surface area (Å²) in [5.74, 6) is -2.21. The van der Waals surface area contributed by atoms with Gasteiger partial charge in [-0.2, -0.15) is 0 Å². The van der Waals surface area contributed by atoms with Crippen molar-refractivity contribution in [1.29, 1.82) is 0 Å². The molecule has 2 atom stereocenters. The number of halogens is 2. The highest BCUT2D eigenvalue weighted by Gasteiger charge is 2.37. The van der Waals surface area contributed by atoms with Crippen LogP contribution in [0.1, 0.15) is 54.8 Å². The highest BCUT2D eigenvalue weighted by atomic mass is 35.5. The number of aromatic amines is 2. The van der Waals surface area contributed by atoms with Gasteiger partial charge in [0.15, 0.2) is 0 Å². The van der Waals surface area contributed by atoms with Gasteiger partial charge in [-0.1, -0.05) is 24.3 Å². The van der Waals surface area contributed by atoms with E-state index in [0.717, 1.165) is 11.1 Å². The summed E-state index contributed by atoms with van der Waals surface area (Å²) < 4.78 is 9.85. The Labute approximate surface area is 306 Å². The first kappa shape index (κ1) is 34.7. The molecule has 7 rings (SSSR count). The van der Waals surface area contributed by atoms with Crippen LogP contribution in [0.4, 0.5) is 11.4 Å². The third kappa shape index (κ3) is 5.73. The summed E-state index contributed by atoms with van der Waals surface area (Å²) in [6.07, 6.45) is 9.11. The van der Waals surface area contributed by atoms with Gasteiger partial charge in [0.05, 0.1) is 47.8 Å². The Morgan fingerprint density at radius 3 is 1.46 bits per heavy atom. The quantitative estimate of drug-likeness (QED) is 0.0806. The number of alkyl halides is 2. The Balaban J connectivity index is 1.08. The van der Waals surface area contributed by atoms with Gasteiger partial charge in [0.2, 0.25) is 0 Å². The number of hydrogen-bond acceptors (Lipinski definition) is 8. The number of methoxy groups -OCH3 is 2. The molecule has 14 heteroatoms. The zero-order valence-corrected chi connectivity index (χ0v) is 29.4. The van der Waals surface area contributed by atoms with Gasteiger partial charge in [-0.05, 0) is 34.4 Å². The molecule has 3 aromatic carbocycles. The van der Waals surface area contributed by atoms with Crippen molar-refractivity contribution in [3.8, 4) is 11.5 Å². The van der Waals surface area contributed by atoms with Crippen LogP contribution in [0.5, 0.6) is 11.5 Å². The Bertz CT molecular complexity index is 2180. The normalized spacial score (nSPS) is 16.7. The minimum atomic E-state index is -0.574. The number of nitrogens with one attached hydrogen (secondary N) is 2. The Kier molecular flexibility index (Phi) is 9.20. The van der Waals surface area contributed by atoms with Crippen LogP contribution in [0.3, 0.4) is 0 Å². The average molecular weight is 744 g/mol. The van der Waals surface area contributed by atoms with Gasteiger partial charge < -0.3 is 39.5 Å². The molecule has 0 saturated heterocycles. The van der Waals surface area contributed by atoms with Crippen molar-refractivity contribution < 1.29 is 38.9 Å². The number of aromatic hydroxyl groups is 2. The minimum Gasteiger partial charge on any atom is -0.506 e. The Morgan fingerprint density at radius 1 is 0.731 bits per heavy atom. The average Bonchev–Trinajstić information content (AvgIpc) is 3.95. The second-order valence-corrected chi connectivity index (χ2v) is 13.1. The van der Waals surface area contributed by atoms with Crippen molar-refractivity contribution in [3.05, 3.63) is 94.3 Å². The summed E-state index contributed by atoms with van der Waals surface area (Å²) in [4.78, 5) is 60.8. The van der Waals surface area contributed by atoms with Crippen LogP contribution >= 0.6 is 23.2 Å². The van der Waals surface area contributed by atoms with Crippen molar-refractivity contribution in [2.24, 2.45) is 0 Å². The summed E-state index contributed by atoms with van der Waals surface area (Å²) in [7, 11) is 2.55. The van der Waals surface area contributed by atoms with E-state index in [9.17, 15) is 29.4 Å². The largest absolute Gasteiger partial charge is 0.506 e. The second kappa shape index (κ2) is 13.8. The highest BCUT2D eigenvalue weighted by molar-refractivity contribution is 6.20. The zero-order chi connectivity index (χ0) is 36.8. The lowest BCUT2D eigenvalue weighted by Crippen LogP contribution is -2.28. The fraction of sp³-hybridized carbons (Fsp3) is 0.211. The maximum atomic E-state index is 13.5. The molecule has 0 unspecified atom stereocenters. The van der Waals surface area contributed by atoms with E-state index in [1.807, 2.05) is 0 Å². The van der Waals surface area contributed by atoms with Crippen molar-refractivity contribution in [2.75, 3.05) is 48.9 Å². The molecule has 2 aliphatic rings. The van der Waals surface area contributed by atoms with Crippen molar-refractivity contribution in [1.82, 2.24) is 9.97 Å². The predicted octanol–water partition coefficient (Wildman–Crippen LogP) is 6.40. The number of rotatable bonds is 8. The lowest BCUT2D eigenvalue weighted by Gasteiger charge is -2.16. The number of aromatic nitrogens is 2. The number of ether oxygens (including phenoxy) is 2. The number of anilines is 2. The first-order valence-corrected chi connectivity index (χ1v) is 17.3. The molecule has 0 spiro atoms. The summed E-state index contributed by atoms with van der Waals surface area (Å²) >= 11 is 12.6. The monoisotopic (exact) mass is 742 g/mol. The van der Waals surface area contributed by atoms with Crippen LogP contribution in [-0.4, -0.2) is 83.0 Å².